The summed E-state index contributed by atoms with van der Waals surface area (Å²) in [6.07, 6.45) is 0. The fraction of sp³-hybridized carbons (Fsp3) is 0.200. The molecule has 5 heteroatoms. The van der Waals surface area contributed by atoms with Crippen molar-refractivity contribution >= 4 is 28.1 Å². The summed E-state index contributed by atoms with van der Waals surface area (Å²) in [6, 6.07) is 15.9. The number of imidazole rings is 1. The Balaban J connectivity index is 1.79. The maximum absolute atomic E-state index is 10.6. The van der Waals surface area contributed by atoms with Crippen molar-refractivity contribution in [2.24, 2.45) is 0 Å². The number of fused-ring (bicyclic) bond motifs is 1. The lowest BCUT2D eigenvalue weighted by Gasteiger charge is -2.19. The lowest BCUT2D eigenvalue weighted by Crippen LogP contribution is -2.26. The number of aliphatic hydroxyl groups is 1. The third kappa shape index (κ3) is 2.39. The molecule has 5 nitrogen and oxygen atoms in total. The van der Waals surface area contributed by atoms with E-state index in [0.717, 1.165) is 23.3 Å². The molecular weight excluding hydrogens is 312 g/mol. The quantitative estimate of drug-likeness (QED) is 0.758. The molecule has 3 aromatic rings. The van der Waals surface area contributed by atoms with E-state index in [-0.39, 0.29) is 11.6 Å². The molecule has 1 aliphatic heterocycles. The highest BCUT2D eigenvalue weighted by Gasteiger charge is 2.32. The number of hydrogen-bond donors (Lipinski definition) is 2. The normalized spacial score (nSPS) is 14.8. The minimum atomic E-state index is 0.190. The molecule has 0 atom stereocenters. The number of benzene rings is 2. The van der Waals surface area contributed by atoms with Crippen LogP contribution < -0.4 is 4.90 Å². The number of aromatic nitrogens is 2. The molecule has 4 rings (SSSR count). The number of aliphatic hydroxyl groups excluding tert-OH is 1. The van der Waals surface area contributed by atoms with E-state index in [1.54, 1.807) is 0 Å². The fourth-order valence-corrected chi connectivity index (χ4v) is 3.35. The van der Waals surface area contributed by atoms with Gasteiger partial charge >= 0.3 is 0 Å². The highest BCUT2D eigenvalue weighted by molar-refractivity contribution is 6.30. The Morgan fingerprint density at radius 3 is 2.56 bits per heavy atom. The average Bonchev–Trinajstić information content (AvgIpc) is 3.12. The second kappa shape index (κ2) is 5.77. The van der Waals surface area contributed by atoms with Crippen LogP contribution in [0.2, 0.25) is 0 Å². The Morgan fingerprint density at radius 2 is 1.84 bits per heavy atom. The van der Waals surface area contributed by atoms with Gasteiger partial charge in [-0.25, -0.2) is 4.98 Å². The highest BCUT2D eigenvalue weighted by atomic mass is 16.3. The number of nitrogens with one attached hydrogen (secondary N) is 1. The summed E-state index contributed by atoms with van der Waals surface area (Å²) in [7, 11) is 0. The van der Waals surface area contributed by atoms with Gasteiger partial charge in [-0.05, 0) is 38.1 Å². The number of hydrogen-bond acceptors (Lipinski definition) is 3. The monoisotopic (exact) mass is 332 g/mol. The molecule has 0 aliphatic carbocycles. The molecule has 1 aromatic heterocycles. The van der Waals surface area contributed by atoms with Crippen LogP contribution in [0.25, 0.3) is 16.6 Å². The zero-order chi connectivity index (χ0) is 17.6. The van der Waals surface area contributed by atoms with Crippen molar-refractivity contribution in [3.05, 3.63) is 65.7 Å². The summed E-state index contributed by atoms with van der Waals surface area (Å²) >= 11 is 0. The van der Waals surface area contributed by atoms with E-state index in [2.05, 4.69) is 4.98 Å². The fourth-order valence-electron chi connectivity index (χ4n) is 3.35. The van der Waals surface area contributed by atoms with Crippen LogP contribution in [0.3, 0.4) is 0 Å². The van der Waals surface area contributed by atoms with E-state index in [1.807, 2.05) is 71.8 Å². The van der Waals surface area contributed by atoms with Gasteiger partial charge in [0.25, 0.3) is 0 Å². The molecule has 2 heterocycles. The maximum Gasteiger partial charge on any atom is 0.148 e. The molecule has 1 aliphatic rings. The van der Waals surface area contributed by atoms with Crippen LogP contribution in [0.15, 0.2) is 54.3 Å². The van der Waals surface area contributed by atoms with Crippen LogP contribution in [0.1, 0.15) is 18.3 Å². The Kier molecular flexibility index (Phi) is 3.57. The van der Waals surface area contributed by atoms with E-state index in [1.165, 1.54) is 5.56 Å². The minimum absolute atomic E-state index is 0.190. The second-order valence-corrected chi connectivity index (χ2v) is 6.26. The van der Waals surface area contributed by atoms with E-state index >= 15 is 0 Å². The topological polar surface area (TPSA) is 65.1 Å². The number of rotatable bonds is 3. The molecule has 0 radical (unpaired) electrons. The van der Waals surface area contributed by atoms with Gasteiger partial charge in [-0.15, -0.1) is 0 Å². The van der Waals surface area contributed by atoms with Crippen LogP contribution in [-0.2, 0) is 6.54 Å². The number of nitrogens with zero attached hydrogens (tertiary/aromatic N) is 3. The van der Waals surface area contributed by atoms with Crippen molar-refractivity contribution in [1.82, 2.24) is 9.55 Å². The van der Waals surface area contributed by atoms with Gasteiger partial charge in [0.05, 0.1) is 23.2 Å². The Bertz CT molecular complexity index is 998. The van der Waals surface area contributed by atoms with Crippen LogP contribution >= 0.6 is 0 Å². The zero-order valence-corrected chi connectivity index (χ0v) is 14.3. The van der Waals surface area contributed by atoms with Gasteiger partial charge < -0.3 is 14.6 Å². The first-order valence-electron chi connectivity index (χ1n) is 8.41. The lowest BCUT2D eigenvalue weighted by molar-refractivity contribution is 0.411. The molecule has 2 N–H and O–H groups in total. The summed E-state index contributed by atoms with van der Waals surface area (Å²) in [4.78, 5) is 6.50. The molecule has 0 amide bonds. The van der Waals surface area contributed by atoms with E-state index in [4.69, 9.17) is 5.41 Å². The molecule has 126 valence electrons. The summed E-state index contributed by atoms with van der Waals surface area (Å²) in [6.45, 7) is 5.10. The molecule has 0 spiro atoms. The van der Waals surface area contributed by atoms with Gasteiger partial charge in [0.2, 0.25) is 0 Å². The van der Waals surface area contributed by atoms with Crippen LogP contribution in [0, 0.1) is 12.3 Å². The third-order valence-electron chi connectivity index (χ3n) is 4.64. The number of amidine groups is 1. The molecule has 0 bridgehead atoms. The van der Waals surface area contributed by atoms with Gasteiger partial charge in [0.1, 0.15) is 17.4 Å². The summed E-state index contributed by atoms with van der Waals surface area (Å²) in [5, 5.41) is 19.2. The standard InChI is InChI=1S/C20H20N4O/c1-3-23-16-7-5-4-6-15(16)22-20(23)18-17(25)12-24(19(18)21)14-10-8-13(2)9-11-14/h4-11,21,25H,3,12H2,1-2H3. The predicted molar refractivity (Wildman–Crippen MR) is 101 cm³/mol. The first-order valence-corrected chi connectivity index (χ1v) is 8.41. The van der Waals surface area contributed by atoms with E-state index in [9.17, 15) is 5.11 Å². The number of aryl methyl sites for hydroxylation is 2. The van der Waals surface area contributed by atoms with Crippen molar-refractivity contribution in [2.75, 3.05) is 11.4 Å². The minimum Gasteiger partial charge on any atom is -0.509 e. The Labute approximate surface area is 146 Å². The SMILES string of the molecule is CCn1c(C2=C(O)CN(c3ccc(C)cc3)C2=N)nc2ccccc21. The lowest BCUT2D eigenvalue weighted by atomic mass is 10.2. The number of para-hydroxylation sites is 2. The van der Waals surface area contributed by atoms with Gasteiger partial charge in [-0.2, -0.15) is 0 Å². The van der Waals surface area contributed by atoms with Crippen LogP contribution in [0.4, 0.5) is 5.69 Å². The first kappa shape index (κ1) is 15.4. The van der Waals surface area contributed by atoms with Gasteiger partial charge in [0.15, 0.2) is 0 Å². The molecule has 25 heavy (non-hydrogen) atoms. The molecule has 0 saturated heterocycles. The van der Waals surface area contributed by atoms with Gasteiger partial charge in [-0.3, -0.25) is 5.41 Å². The Morgan fingerprint density at radius 1 is 1.12 bits per heavy atom. The maximum atomic E-state index is 10.6. The average molecular weight is 332 g/mol. The smallest absolute Gasteiger partial charge is 0.148 e. The van der Waals surface area contributed by atoms with Crippen LogP contribution in [0.5, 0.6) is 0 Å². The molecular formula is C20H20N4O. The molecule has 0 fully saturated rings. The van der Waals surface area contributed by atoms with Crippen molar-refractivity contribution in [2.45, 2.75) is 20.4 Å². The van der Waals surface area contributed by atoms with E-state index in [0.29, 0.717) is 17.9 Å². The molecule has 0 saturated carbocycles. The summed E-state index contributed by atoms with van der Waals surface area (Å²) in [5.41, 5.74) is 4.47. The Hall–Kier alpha value is -3.08. The van der Waals surface area contributed by atoms with Crippen molar-refractivity contribution in [3.8, 4) is 0 Å². The van der Waals surface area contributed by atoms with E-state index < -0.39 is 0 Å². The van der Waals surface area contributed by atoms with Gasteiger partial charge in [-0.1, -0.05) is 29.8 Å². The van der Waals surface area contributed by atoms with Crippen molar-refractivity contribution < 1.29 is 5.11 Å². The second-order valence-electron chi connectivity index (χ2n) is 6.26. The van der Waals surface area contributed by atoms with Gasteiger partial charge in [0, 0.05) is 12.2 Å². The highest BCUT2D eigenvalue weighted by Crippen LogP contribution is 2.32. The molecule has 0 unspecified atom stereocenters. The molecule has 2 aromatic carbocycles. The number of anilines is 1. The van der Waals surface area contributed by atoms with Crippen molar-refractivity contribution in [3.63, 3.8) is 0 Å². The van der Waals surface area contributed by atoms with Crippen molar-refractivity contribution in [1.29, 1.82) is 5.41 Å². The summed E-state index contributed by atoms with van der Waals surface area (Å²) < 4.78 is 2.05. The largest absolute Gasteiger partial charge is 0.509 e. The zero-order valence-electron chi connectivity index (χ0n) is 14.3. The summed E-state index contributed by atoms with van der Waals surface area (Å²) in [5.74, 6) is 1.13. The van der Waals surface area contributed by atoms with Crippen LogP contribution in [-0.4, -0.2) is 27.0 Å². The third-order valence-corrected chi connectivity index (χ3v) is 4.64. The predicted octanol–water partition coefficient (Wildman–Crippen LogP) is 4.13. The first-order chi connectivity index (χ1) is 12.1.